The minimum Gasteiger partial charge on any atom is -0.339 e. The molecule has 1 aromatic carbocycles. The van der Waals surface area contributed by atoms with Crippen LogP contribution in [-0.2, 0) is 6.42 Å². The number of para-hydroxylation sites is 1. The molecule has 0 atom stereocenters. The second kappa shape index (κ2) is 6.17. The summed E-state index contributed by atoms with van der Waals surface area (Å²) in [4.78, 5) is 20.4. The van der Waals surface area contributed by atoms with Gasteiger partial charge >= 0.3 is 0 Å². The van der Waals surface area contributed by atoms with E-state index in [1.807, 2.05) is 24.3 Å². The number of amides is 1. The van der Waals surface area contributed by atoms with Crippen LogP contribution < -0.4 is 5.32 Å². The van der Waals surface area contributed by atoms with E-state index in [2.05, 4.69) is 20.4 Å². The summed E-state index contributed by atoms with van der Waals surface area (Å²) in [6.07, 6.45) is 3.62. The van der Waals surface area contributed by atoms with Gasteiger partial charge in [-0.15, -0.1) is 0 Å². The number of pyridine rings is 1. The van der Waals surface area contributed by atoms with Gasteiger partial charge < -0.3 is 9.84 Å². The molecular weight excluding hydrogens is 280 g/mol. The largest absolute Gasteiger partial charge is 0.339 e. The van der Waals surface area contributed by atoms with Gasteiger partial charge in [0.15, 0.2) is 5.82 Å². The Balaban J connectivity index is 1.81. The molecule has 0 bridgehead atoms. The molecule has 0 saturated heterocycles. The third-order valence-corrected chi connectivity index (χ3v) is 3.10. The Morgan fingerprint density at radius 3 is 2.82 bits per heavy atom. The van der Waals surface area contributed by atoms with E-state index in [-0.39, 0.29) is 5.91 Å². The minimum atomic E-state index is -0.206. The Morgan fingerprint density at radius 2 is 2.09 bits per heavy atom. The average molecular weight is 294 g/mol. The number of aryl methyl sites for hydroxylation is 1. The zero-order chi connectivity index (χ0) is 15.4. The smallest absolute Gasteiger partial charge is 0.257 e. The fraction of sp³-hybridized carbons (Fsp3) is 0.125. The highest BCUT2D eigenvalue weighted by molar-refractivity contribution is 6.04. The zero-order valence-electron chi connectivity index (χ0n) is 12.0. The monoisotopic (exact) mass is 294 g/mol. The maximum Gasteiger partial charge on any atom is 0.257 e. The molecule has 6 heteroatoms. The summed E-state index contributed by atoms with van der Waals surface area (Å²) in [5, 5.41) is 6.65. The number of carbonyl (C=O) groups excluding carboxylic acids is 1. The van der Waals surface area contributed by atoms with Crippen molar-refractivity contribution in [3.05, 3.63) is 71.6 Å². The first-order chi connectivity index (χ1) is 10.7. The van der Waals surface area contributed by atoms with E-state index in [1.54, 1.807) is 25.3 Å². The van der Waals surface area contributed by atoms with Crippen LogP contribution in [0.5, 0.6) is 0 Å². The number of benzene rings is 1. The van der Waals surface area contributed by atoms with Crippen LogP contribution in [0.4, 0.5) is 5.69 Å². The molecule has 0 radical (unpaired) electrons. The van der Waals surface area contributed by atoms with Gasteiger partial charge in [-0.3, -0.25) is 9.78 Å². The van der Waals surface area contributed by atoms with Crippen LogP contribution in [0.15, 0.2) is 53.3 Å². The average Bonchev–Trinajstić information content (AvgIpc) is 2.95. The fourth-order valence-electron chi connectivity index (χ4n) is 2.06. The van der Waals surface area contributed by atoms with Crippen LogP contribution >= 0.6 is 0 Å². The third-order valence-electron chi connectivity index (χ3n) is 3.10. The molecule has 0 aliphatic carbocycles. The van der Waals surface area contributed by atoms with Crippen molar-refractivity contribution in [3.8, 4) is 0 Å². The van der Waals surface area contributed by atoms with Crippen molar-refractivity contribution in [2.75, 3.05) is 5.32 Å². The maximum absolute atomic E-state index is 12.2. The minimum absolute atomic E-state index is 0.206. The maximum atomic E-state index is 12.2. The number of hydrogen-bond acceptors (Lipinski definition) is 5. The van der Waals surface area contributed by atoms with Crippen molar-refractivity contribution in [3.63, 3.8) is 0 Å². The Bertz CT molecular complexity index is 784. The highest BCUT2D eigenvalue weighted by Gasteiger charge is 2.11. The highest BCUT2D eigenvalue weighted by atomic mass is 16.5. The van der Waals surface area contributed by atoms with Gasteiger partial charge in [0, 0.05) is 18.1 Å². The van der Waals surface area contributed by atoms with Gasteiger partial charge in [0.2, 0.25) is 5.89 Å². The summed E-state index contributed by atoms with van der Waals surface area (Å²) in [6.45, 7) is 1.77. The number of nitrogens with one attached hydrogen (secondary N) is 1. The number of rotatable bonds is 4. The van der Waals surface area contributed by atoms with Crippen molar-refractivity contribution < 1.29 is 9.32 Å². The summed E-state index contributed by atoms with van der Waals surface area (Å²) >= 11 is 0. The lowest BCUT2D eigenvalue weighted by atomic mass is 10.1. The number of carbonyl (C=O) groups is 1. The molecule has 0 aliphatic heterocycles. The van der Waals surface area contributed by atoms with Crippen molar-refractivity contribution in [2.45, 2.75) is 13.3 Å². The normalized spacial score (nSPS) is 10.4. The van der Waals surface area contributed by atoms with Gasteiger partial charge in [-0.05, 0) is 30.7 Å². The molecular formula is C16H14N4O2. The van der Waals surface area contributed by atoms with E-state index >= 15 is 0 Å². The zero-order valence-corrected chi connectivity index (χ0v) is 12.0. The molecule has 0 saturated carbocycles. The molecule has 1 N–H and O–H groups in total. The van der Waals surface area contributed by atoms with Gasteiger partial charge in [0.05, 0.1) is 12.0 Å². The van der Waals surface area contributed by atoms with Crippen molar-refractivity contribution >= 4 is 11.6 Å². The molecule has 0 aliphatic rings. The highest BCUT2D eigenvalue weighted by Crippen LogP contribution is 2.19. The lowest BCUT2D eigenvalue weighted by Gasteiger charge is -2.09. The van der Waals surface area contributed by atoms with Crippen molar-refractivity contribution in [2.24, 2.45) is 0 Å². The quantitative estimate of drug-likeness (QED) is 0.800. The molecule has 0 fully saturated rings. The van der Waals surface area contributed by atoms with Gasteiger partial charge in [0.25, 0.3) is 5.91 Å². The number of aromatic nitrogens is 3. The van der Waals surface area contributed by atoms with E-state index in [1.165, 1.54) is 6.20 Å². The van der Waals surface area contributed by atoms with Crippen LogP contribution in [0.25, 0.3) is 0 Å². The molecule has 2 heterocycles. The van der Waals surface area contributed by atoms with E-state index in [4.69, 9.17) is 4.52 Å². The Kier molecular flexibility index (Phi) is 3.91. The molecule has 0 spiro atoms. The van der Waals surface area contributed by atoms with Crippen LogP contribution in [0.3, 0.4) is 0 Å². The van der Waals surface area contributed by atoms with E-state index in [9.17, 15) is 4.79 Å². The Hall–Kier alpha value is -3.02. The van der Waals surface area contributed by atoms with Crippen molar-refractivity contribution in [1.29, 1.82) is 0 Å². The summed E-state index contributed by atoms with van der Waals surface area (Å²) in [5.41, 5.74) is 2.13. The van der Waals surface area contributed by atoms with Gasteiger partial charge in [-0.25, -0.2) is 0 Å². The third kappa shape index (κ3) is 3.17. The lowest BCUT2D eigenvalue weighted by molar-refractivity contribution is 0.102. The van der Waals surface area contributed by atoms with E-state index < -0.39 is 0 Å². The Morgan fingerprint density at radius 1 is 1.23 bits per heavy atom. The lowest BCUT2D eigenvalue weighted by Crippen LogP contribution is -2.13. The predicted molar refractivity (Wildman–Crippen MR) is 80.5 cm³/mol. The first-order valence-electron chi connectivity index (χ1n) is 6.81. The molecule has 2 aromatic heterocycles. The van der Waals surface area contributed by atoms with E-state index in [0.717, 1.165) is 5.56 Å². The van der Waals surface area contributed by atoms with Crippen LogP contribution in [0, 0.1) is 6.92 Å². The summed E-state index contributed by atoms with van der Waals surface area (Å²) in [7, 11) is 0. The summed E-state index contributed by atoms with van der Waals surface area (Å²) in [5.74, 6) is 0.898. The topological polar surface area (TPSA) is 80.9 Å². The Labute approximate surface area is 127 Å². The summed E-state index contributed by atoms with van der Waals surface area (Å²) in [6, 6.07) is 11.0. The van der Waals surface area contributed by atoms with E-state index in [0.29, 0.717) is 29.4 Å². The van der Waals surface area contributed by atoms with Crippen LogP contribution in [0.2, 0.25) is 0 Å². The van der Waals surface area contributed by atoms with Crippen LogP contribution in [0.1, 0.15) is 27.6 Å². The first kappa shape index (κ1) is 13.9. The standard InChI is InChI=1S/C16H14N4O2/c1-11-18-15(22-20-11)9-12-5-2-3-7-14(12)19-16(21)13-6-4-8-17-10-13/h2-8,10H,9H2,1H3,(H,19,21). The molecule has 6 nitrogen and oxygen atoms in total. The molecule has 1 amide bonds. The van der Waals surface area contributed by atoms with Crippen molar-refractivity contribution in [1.82, 2.24) is 15.1 Å². The SMILES string of the molecule is Cc1noc(Cc2ccccc2NC(=O)c2cccnc2)n1. The molecule has 110 valence electrons. The van der Waals surface area contributed by atoms with Crippen LogP contribution in [-0.4, -0.2) is 21.0 Å². The van der Waals surface area contributed by atoms with Gasteiger partial charge in [-0.2, -0.15) is 4.98 Å². The van der Waals surface area contributed by atoms with Gasteiger partial charge in [0.1, 0.15) is 0 Å². The predicted octanol–water partition coefficient (Wildman–Crippen LogP) is 2.62. The molecule has 3 aromatic rings. The molecule has 22 heavy (non-hydrogen) atoms. The van der Waals surface area contributed by atoms with Gasteiger partial charge in [-0.1, -0.05) is 23.4 Å². The summed E-state index contributed by atoms with van der Waals surface area (Å²) < 4.78 is 5.13. The number of hydrogen-bond donors (Lipinski definition) is 1. The molecule has 0 unspecified atom stereocenters. The molecule has 3 rings (SSSR count). The first-order valence-corrected chi connectivity index (χ1v) is 6.81. The fourth-order valence-corrected chi connectivity index (χ4v) is 2.06. The second-order valence-corrected chi connectivity index (χ2v) is 4.77. The number of anilines is 1. The number of nitrogens with zero attached hydrogens (tertiary/aromatic N) is 3. The second-order valence-electron chi connectivity index (χ2n) is 4.77.